The summed E-state index contributed by atoms with van der Waals surface area (Å²) in [6.07, 6.45) is 2.14. The van der Waals surface area contributed by atoms with Crippen molar-refractivity contribution in [2.75, 3.05) is 6.61 Å². The maximum Gasteiger partial charge on any atom is 0.330 e. The lowest BCUT2D eigenvalue weighted by Gasteiger charge is -2.38. The summed E-state index contributed by atoms with van der Waals surface area (Å²) in [5.41, 5.74) is 2.08. The summed E-state index contributed by atoms with van der Waals surface area (Å²) in [5, 5.41) is 12.0. The monoisotopic (exact) mass is 449 g/mol. The topological polar surface area (TPSA) is 59.4 Å². The fourth-order valence-corrected chi connectivity index (χ4v) is 5.25. The van der Waals surface area contributed by atoms with Crippen LogP contribution in [0, 0.1) is 5.92 Å². The van der Waals surface area contributed by atoms with Crippen molar-refractivity contribution >= 4 is 33.2 Å². The number of thiazole rings is 1. The average molecular weight is 450 g/mol. The summed E-state index contributed by atoms with van der Waals surface area (Å²) in [7, 11) is 0. The number of carbonyl (C=O) groups excluding carboxylic acids is 1. The molecule has 144 valence electrons. The molecule has 2 aromatic rings. The number of rotatable bonds is 4. The van der Waals surface area contributed by atoms with E-state index < -0.39 is 11.6 Å². The van der Waals surface area contributed by atoms with Crippen molar-refractivity contribution in [2.24, 2.45) is 5.92 Å². The molecular formula is C21H24BrNO3S. The smallest absolute Gasteiger partial charge is 0.330 e. The van der Waals surface area contributed by atoms with Crippen LogP contribution in [0.2, 0.25) is 0 Å². The van der Waals surface area contributed by atoms with E-state index in [4.69, 9.17) is 4.74 Å². The second-order valence-electron chi connectivity index (χ2n) is 7.19. The molecule has 3 rings (SSSR count). The summed E-state index contributed by atoms with van der Waals surface area (Å²) in [5.74, 6) is -0.0593. The number of carbonyl (C=O) groups is 1. The minimum atomic E-state index is -1.39. The Morgan fingerprint density at radius 3 is 2.70 bits per heavy atom. The normalized spacial score (nSPS) is 23.5. The zero-order valence-corrected chi connectivity index (χ0v) is 18.4. The van der Waals surface area contributed by atoms with Crippen LogP contribution < -0.4 is 0 Å². The summed E-state index contributed by atoms with van der Waals surface area (Å²) >= 11 is 4.86. The number of hydrogen-bond donors (Lipinski definition) is 1. The number of fused-ring (bicyclic) bond motifs is 1. The fourth-order valence-electron chi connectivity index (χ4n) is 3.60. The lowest BCUT2D eigenvalue weighted by atomic mass is 9.72. The van der Waals surface area contributed by atoms with E-state index >= 15 is 0 Å². The van der Waals surface area contributed by atoms with E-state index in [-0.39, 0.29) is 5.92 Å². The number of benzene rings is 1. The van der Waals surface area contributed by atoms with Crippen LogP contribution in [0.3, 0.4) is 0 Å². The second kappa shape index (κ2) is 7.86. The molecule has 2 atom stereocenters. The SMILES string of the molecule is CCOC(=O)C=C1C(C)Cc2nc(Br)sc2C1(O)c1ccc(C(C)C)cc1. The van der Waals surface area contributed by atoms with Gasteiger partial charge in [-0.05, 0) is 57.8 Å². The third kappa shape index (κ3) is 3.75. The van der Waals surface area contributed by atoms with Crippen molar-refractivity contribution in [2.45, 2.75) is 45.6 Å². The summed E-state index contributed by atoms with van der Waals surface area (Å²) in [4.78, 5) is 17.5. The molecular weight excluding hydrogens is 426 g/mol. The summed E-state index contributed by atoms with van der Waals surface area (Å²) in [6.45, 7) is 8.36. The molecule has 27 heavy (non-hydrogen) atoms. The predicted molar refractivity (Wildman–Crippen MR) is 111 cm³/mol. The van der Waals surface area contributed by atoms with Gasteiger partial charge in [0.25, 0.3) is 0 Å². The Morgan fingerprint density at radius 2 is 2.11 bits per heavy atom. The van der Waals surface area contributed by atoms with Gasteiger partial charge >= 0.3 is 5.97 Å². The quantitative estimate of drug-likeness (QED) is 0.529. The van der Waals surface area contributed by atoms with Crippen LogP contribution in [0.15, 0.2) is 39.8 Å². The highest BCUT2D eigenvalue weighted by Gasteiger charge is 2.46. The van der Waals surface area contributed by atoms with E-state index in [0.29, 0.717) is 24.5 Å². The van der Waals surface area contributed by atoms with Crippen molar-refractivity contribution in [3.63, 3.8) is 0 Å². The minimum Gasteiger partial charge on any atom is -0.463 e. The van der Waals surface area contributed by atoms with Gasteiger partial charge in [-0.1, -0.05) is 45.0 Å². The molecule has 0 fully saturated rings. The largest absolute Gasteiger partial charge is 0.463 e. The first kappa shape index (κ1) is 20.2. The standard InChI is InChI=1S/C21H24BrNO3S/c1-5-26-18(24)11-16-13(4)10-17-19(27-20(22)23-17)21(16,25)15-8-6-14(7-9-15)12(2)3/h6-9,11-13,25H,5,10H2,1-4H3. The van der Waals surface area contributed by atoms with Crippen molar-refractivity contribution < 1.29 is 14.6 Å². The first-order valence-electron chi connectivity index (χ1n) is 9.14. The van der Waals surface area contributed by atoms with E-state index in [1.165, 1.54) is 23.0 Å². The van der Waals surface area contributed by atoms with Crippen molar-refractivity contribution in [3.05, 3.63) is 61.5 Å². The van der Waals surface area contributed by atoms with Gasteiger partial charge in [-0.15, -0.1) is 11.3 Å². The van der Waals surface area contributed by atoms with E-state index in [0.717, 1.165) is 20.1 Å². The number of ether oxygens (including phenoxy) is 1. The number of esters is 1. The van der Waals surface area contributed by atoms with Crippen LogP contribution in [0.4, 0.5) is 0 Å². The fraction of sp³-hybridized carbons (Fsp3) is 0.429. The van der Waals surface area contributed by atoms with Crippen LogP contribution >= 0.6 is 27.3 Å². The molecule has 6 heteroatoms. The Kier molecular flexibility index (Phi) is 5.89. The molecule has 0 spiro atoms. The molecule has 1 aromatic heterocycles. The van der Waals surface area contributed by atoms with Gasteiger partial charge in [0.05, 0.1) is 17.2 Å². The molecule has 1 aliphatic carbocycles. The van der Waals surface area contributed by atoms with Gasteiger partial charge in [0, 0.05) is 6.08 Å². The molecule has 0 saturated heterocycles. The van der Waals surface area contributed by atoms with E-state index in [9.17, 15) is 9.90 Å². The van der Waals surface area contributed by atoms with Gasteiger partial charge in [-0.25, -0.2) is 9.78 Å². The van der Waals surface area contributed by atoms with Gasteiger partial charge in [0.2, 0.25) is 0 Å². The van der Waals surface area contributed by atoms with Crippen LogP contribution in [0.25, 0.3) is 0 Å². The van der Waals surface area contributed by atoms with E-state index in [2.05, 4.69) is 34.8 Å². The van der Waals surface area contributed by atoms with Crippen LogP contribution in [0.5, 0.6) is 0 Å². The van der Waals surface area contributed by atoms with Crippen molar-refractivity contribution in [1.82, 2.24) is 4.98 Å². The Balaban J connectivity index is 2.19. The third-order valence-corrected chi connectivity index (χ3v) is 6.66. The van der Waals surface area contributed by atoms with Gasteiger partial charge in [-0.2, -0.15) is 0 Å². The second-order valence-corrected chi connectivity index (χ2v) is 9.46. The molecule has 0 radical (unpaired) electrons. The molecule has 1 aliphatic rings. The molecule has 1 heterocycles. The Morgan fingerprint density at radius 1 is 1.44 bits per heavy atom. The van der Waals surface area contributed by atoms with Gasteiger partial charge < -0.3 is 9.84 Å². The first-order chi connectivity index (χ1) is 12.8. The number of hydrogen-bond acceptors (Lipinski definition) is 5. The summed E-state index contributed by atoms with van der Waals surface area (Å²) < 4.78 is 5.85. The highest BCUT2D eigenvalue weighted by Crippen LogP contribution is 2.49. The highest BCUT2D eigenvalue weighted by molar-refractivity contribution is 9.11. The van der Waals surface area contributed by atoms with Crippen LogP contribution in [-0.2, 0) is 21.6 Å². The van der Waals surface area contributed by atoms with Crippen LogP contribution in [-0.4, -0.2) is 22.7 Å². The Labute approximate surface area is 172 Å². The molecule has 1 N–H and O–H groups in total. The average Bonchev–Trinajstić information content (AvgIpc) is 2.99. The maximum atomic E-state index is 12.2. The minimum absolute atomic E-state index is 0.0364. The third-order valence-electron chi connectivity index (χ3n) is 5.00. The van der Waals surface area contributed by atoms with Crippen molar-refractivity contribution in [1.29, 1.82) is 0 Å². The number of halogens is 1. The highest BCUT2D eigenvalue weighted by atomic mass is 79.9. The Hall–Kier alpha value is -1.50. The number of aliphatic hydroxyl groups is 1. The molecule has 0 bridgehead atoms. The van der Waals surface area contributed by atoms with Gasteiger partial charge in [-0.3, -0.25) is 0 Å². The zero-order chi connectivity index (χ0) is 19.8. The van der Waals surface area contributed by atoms with E-state index in [1.54, 1.807) is 6.92 Å². The molecule has 0 amide bonds. The number of nitrogens with zero attached hydrogens (tertiary/aromatic N) is 1. The predicted octanol–water partition coefficient (Wildman–Crippen LogP) is 4.95. The van der Waals surface area contributed by atoms with Gasteiger partial charge in [0.1, 0.15) is 5.60 Å². The lowest BCUT2D eigenvalue weighted by Crippen LogP contribution is -2.38. The zero-order valence-electron chi connectivity index (χ0n) is 16.0. The molecule has 0 saturated carbocycles. The van der Waals surface area contributed by atoms with Crippen molar-refractivity contribution in [3.8, 4) is 0 Å². The molecule has 1 aromatic carbocycles. The molecule has 2 unspecified atom stereocenters. The summed E-state index contributed by atoms with van der Waals surface area (Å²) in [6, 6.07) is 7.97. The Bertz CT molecular complexity index is 872. The molecule has 4 nitrogen and oxygen atoms in total. The van der Waals surface area contributed by atoms with Gasteiger partial charge in [0.15, 0.2) is 3.92 Å². The lowest BCUT2D eigenvalue weighted by molar-refractivity contribution is -0.137. The number of aromatic nitrogens is 1. The first-order valence-corrected chi connectivity index (χ1v) is 10.8. The van der Waals surface area contributed by atoms with Crippen LogP contribution in [0.1, 0.15) is 55.3 Å². The molecule has 0 aliphatic heterocycles. The maximum absolute atomic E-state index is 12.2. The van der Waals surface area contributed by atoms with E-state index in [1.807, 2.05) is 31.2 Å².